The molecule has 0 N–H and O–H groups in total. The molecule has 3 unspecified atom stereocenters. The van der Waals surface area contributed by atoms with Crippen molar-refractivity contribution >= 4 is 0 Å². The van der Waals surface area contributed by atoms with Crippen molar-refractivity contribution in [3.05, 3.63) is 36.0 Å². The number of nitrogens with zero attached hydrogens (tertiary/aromatic N) is 1. The Bertz CT molecular complexity index is 408. The normalized spacial score (nSPS) is 38.3. The summed E-state index contributed by atoms with van der Waals surface area (Å²) in [7, 11) is 0. The maximum atomic E-state index is 8.68. The maximum absolute atomic E-state index is 8.68. The molecule has 3 atom stereocenters. The second-order valence-electron chi connectivity index (χ2n) is 5.34. The van der Waals surface area contributed by atoms with Crippen LogP contribution in [-0.2, 0) is 0 Å². The molecule has 2 fully saturated rings. The average molecular weight is 213 g/mol. The quantitative estimate of drug-likeness (QED) is 0.386. The molecule has 0 aromatic rings. The first-order valence-corrected chi connectivity index (χ1v) is 6.03. The van der Waals surface area contributed by atoms with E-state index in [-0.39, 0.29) is 5.41 Å². The fourth-order valence-electron chi connectivity index (χ4n) is 3.22. The van der Waals surface area contributed by atoms with E-state index in [0.717, 1.165) is 17.4 Å². The van der Waals surface area contributed by atoms with Crippen LogP contribution in [0.4, 0.5) is 0 Å². The zero-order valence-corrected chi connectivity index (χ0v) is 10.2. The monoisotopic (exact) mass is 213 g/mol. The minimum absolute atomic E-state index is 0.176. The lowest BCUT2D eigenvalue weighted by Crippen LogP contribution is -2.23. The molecule has 0 aromatic heterocycles. The smallest absolute Gasteiger partial charge is 0.0944 e. The zero-order valence-electron chi connectivity index (χ0n) is 10.2. The number of fused-ring (bicyclic) bond motifs is 2. The summed E-state index contributed by atoms with van der Waals surface area (Å²) in [5.41, 5.74) is 2.34. The SMILES string of the molecule is C=C1C2CCC(C2)C1(C)C=CC=C(C)C#N. The van der Waals surface area contributed by atoms with Crippen molar-refractivity contribution in [1.82, 2.24) is 0 Å². The first-order valence-electron chi connectivity index (χ1n) is 6.03. The van der Waals surface area contributed by atoms with Crippen molar-refractivity contribution < 1.29 is 0 Å². The van der Waals surface area contributed by atoms with E-state index in [4.69, 9.17) is 5.26 Å². The van der Waals surface area contributed by atoms with E-state index in [0.29, 0.717) is 0 Å². The van der Waals surface area contributed by atoms with Gasteiger partial charge < -0.3 is 0 Å². The Balaban J connectivity index is 2.16. The van der Waals surface area contributed by atoms with Gasteiger partial charge in [-0.1, -0.05) is 31.2 Å². The molecule has 1 heteroatoms. The summed E-state index contributed by atoms with van der Waals surface area (Å²) in [6.07, 6.45) is 10.2. The van der Waals surface area contributed by atoms with Gasteiger partial charge in [0.2, 0.25) is 0 Å². The van der Waals surface area contributed by atoms with Crippen LogP contribution in [0.1, 0.15) is 33.1 Å². The molecule has 2 aliphatic carbocycles. The highest BCUT2D eigenvalue weighted by atomic mass is 14.5. The zero-order chi connectivity index (χ0) is 11.8. The predicted octanol–water partition coefficient (Wildman–Crippen LogP) is 4.00. The van der Waals surface area contributed by atoms with Gasteiger partial charge in [-0.3, -0.25) is 0 Å². The van der Waals surface area contributed by atoms with E-state index in [1.54, 1.807) is 0 Å². The highest BCUT2D eigenvalue weighted by molar-refractivity contribution is 5.33. The van der Waals surface area contributed by atoms with Crippen LogP contribution in [0.2, 0.25) is 0 Å². The van der Waals surface area contributed by atoms with Crippen LogP contribution < -0.4 is 0 Å². The third-order valence-electron chi connectivity index (χ3n) is 4.43. The fraction of sp³-hybridized carbons (Fsp3) is 0.533. The van der Waals surface area contributed by atoms with Crippen molar-refractivity contribution in [2.45, 2.75) is 33.1 Å². The Hall–Kier alpha value is -1.29. The molecule has 0 aliphatic heterocycles. The molecule has 2 rings (SSSR count). The van der Waals surface area contributed by atoms with Crippen molar-refractivity contribution in [3.63, 3.8) is 0 Å². The summed E-state index contributed by atoms with van der Waals surface area (Å²) in [5.74, 6) is 1.53. The lowest BCUT2D eigenvalue weighted by atomic mass is 9.71. The molecule has 0 radical (unpaired) electrons. The van der Waals surface area contributed by atoms with E-state index < -0.39 is 0 Å². The molecular weight excluding hydrogens is 194 g/mol. The first kappa shape index (κ1) is 11.2. The van der Waals surface area contributed by atoms with Crippen LogP contribution in [0, 0.1) is 28.6 Å². The molecule has 2 saturated carbocycles. The van der Waals surface area contributed by atoms with Gasteiger partial charge in [0.25, 0.3) is 0 Å². The van der Waals surface area contributed by atoms with Crippen LogP contribution in [-0.4, -0.2) is 0 Å². The summed E-state index contributed by atoms with van der Waals surface area (Å²) in [4.78, 5) is 0. The summed E-state index contributed by atoms with van der Waals surface area (Å²) < 4.78 is 0. The Kier molecular flexibility index (Phi) is 2.76. The van der Waals surface area contributed by atoms with Gasteiger partial charge in [-0.2, -0.15) is 5.26 Å². The number of hydrogen-bond donors (Lipinski definition) is 0. The van der Waals surface area contributed by atoms with Crippen LogP contribution in [0.5, 0.6) is 0 Å². The topological polar surface area (TPSA) is 23.8 Å². The number of allylic oxidation sites excluding steroid dienone is 5. The maximum Gasteiger partial charge on any atom is 0.0944 e. The summed E-state index contributed by atoms with van der Waals surface area (Å²) in [6, 6.07) is 2.14. The molecule has 0 amide bonds. The molecule has 16 heavy (non-hydrogen) atoms. The molecule has 0 saturated heterocycles. The Morgan fingerprint density at radius 1 is 1.56 bits per heavy atom. The summed E-state index contributed by atoms with van der Waals surface area (Å²) in [6.45, 7) is 8.40. The Morgan fingerprint density at radius 3 is 2.88 bits per heavy atom. The van der Waals surface area contributed by atoms with E-state index >= 15 is 0 Å². The van der Waals surface area contributed by atoms with E-state index in [9.17, 15) is 0 Å². The minimum atomic E-state index is 0.176. The van der Waals surface area contributed by atoms with Crippen LogP contribution >= 0.6 is 0 Å². The van der Waals surface area contributed by atoms with Gasteiger partial charge in [0.05, 0.1) is 6.07 Å². The van der Waals surface area contributed by atoms with Crippen LogP contribution in [0.25, 0.3) is 0 Å². The lowest BCUT2D eigenvalue weighted by molar-refractivity contribution is 0.332. The highest BCUT2D eigenvalue weighted by Crippen LogP contribution is 2.59. The van der Waals surface area contributed by atoms with Crippen molar-refractivity contribution in [3.8, 4) is 6.07 Å². The van der Waals surface area contributed by atoms with Gasteiger partial charge in [-0.25, -0.2) is 0 Å². The lowest BCUT2D eigenvalue weighted by Gasteiger charge is -2.33. The van der Waals surface area contributed by atoms with E-state index in [2.05, 4.69) is 25.6 Å². The molecule has 84 valence electrons. The highest BCUT2D eigenvalue weighted by Gasteiger charge is 2.49. The van der Waals surface area contributed by atoms with E-state index in [1.165, 1.54) is 24.8 Å². The largest absolute Gasteiger partial charge is 0.193 e. The molecule has 0 aromatic carbocycles. The third kappa shape index (κ3) is 1.63. The number of hydrogen-bond acceptors (Lipinski definition) is 1. The van der Waals surface area contributed by atoms with Crippen molar-refractivity contribution in [2.75, 3.05) is 0 Å². The molecular formula is C15H19N. The van der Waals surface area contributed by atoms with Crippen LogP contribution in [0.15, 0.2) is 36.0 Å². The fourth-order valence-corrected chi connectivity index (χ4v) is 3.22. The Labute approximate surface area is 98.2 Å². The second kappa shape index (κ2) is 3.94. The van der Waals surface area contributed by atoms with Gasteiger partial charge in [0, 0.05) is 11.0 Å². The van der Waals surface area contributed by atoms with Gasteiger partial charge in [0.15, 0.2) is 0 Å². The molecule has 0 spiro atoms. The van der Waals surface area contributed by atoms with E-state index in [1.807, 2.05) is 19.1 Å². The van der Waals surface area contributed by atoms with Crippen molar-refractivity contribution in [2.24, 2.45) is 17.3 Å². The van der Waals surface area contributed by atoms with Gasteiger partial charge in [0.1, 0.15) is 0 Å². The number of rotatable bonds is 2. The molecule has 0 heterocycles. The first-order chi connectivity index (χ1) is 7.58. The van der Waals surface area contributed by atoms with Crippen molar-refractivity contribution in [1.29, 1.82) is 5.26 Å². The molecule has 1 nitrogen and oxygen atoms in total. The summed E-state index contributed by atoms with van der Waals surface area (Å²) in [5, 5.41) is 8.68. The second-order valence-corrected chi connectivity index (χ2v) is 5.34. The predicted molar refractivity (Wildman–Crippen MR) is 66.6 cm³/mol. The van der Waals surface area contributed by atoms with Crippen LogP contribution in [0.3, 0.4) is 0 Å². The Morgan fingerprint density at radius 2 is 2.31 bits per heavy atom. The summed E-state index contributed by atoms with van der Waals surface area (Å²) >= 11 is 0. The van der Waals surface area contributed by atoms with Gasteiger partial charge in [-0.15, -0.1) is 0 Å². The third-order valence-corrected chi connectivity index (χ3v) is 4.43. The minimum Gasteiger partial charge on any atom is -0.193 e. The van der Waals surface area contributed by atoms with Gasteiger partial charge >= 0.3 is 0 Å². The molecule has 2 aliphatic rings. The molecule has 2 bridgehead atoms. The average Bonchev–Trinajstić information content (AvgIpc) is 2.83. The van der Waals surface area contributed by atoms with Gasteiger partial charge in [-0.05, 0) is 44.1 Å². The number of nitriles is 1. The standard InChI is InChI=1S/C15H19N/c1-11(10-16)5-4-8-15(3)12(2)13-6-7-14(15)9-13/h4-5,8,13-14H,2,6-7,9H2,1,3H3.